The van der Waals surface area contributed by atoms with E-state index in [2.05, 4.69) is 10.6 Å². The Hall–Kier alpha value is -1.10. The summed E-state index contributed by atoms with van der Waals surface area (Å²) in [5, 5.41) is 5.94. The minimum absolute atomic E-state index is 0.0517. The Labute approximate surface area is 96.6 Å². The summed E-state index contributed by atoms with van der Waals surface area (Å²) < 4.78 is 0. The van der Waals surface area contributed by atoms with Gasteiger partial charge in [-0.05, 0) is 20.4 Å². The third-order valence-electron chi connectivity index (χ3n) is 2.85. The van der Waals surface area contributed by atoms with Crippen molar-refractivity contribution in [3.05, 3.63) is 0 Å². The fourth-order valence-corrected chi connectivity index (χ4v) is 1.92. The van der Waals surface area contributed by atoms with E-state index in [0.717, 1.165) is 6.54 Å². The van der Waals surface area contributed by atoms with Crippen LogP contribution in [0.3, 0.4) is 0 Å². The molecule has 2 unspecified atom stereocenters. The van der Waals surface area contributed by atoms with Gasteiger partial charge in [-0.3, -0.25) is 9.59 Å². The van der Waals surface area contributed by atoms with E-state index in [0.29, 0.717) is 19.5 Å². The molecule has 1 aliphatic heterocycles. The largest absolute Gasteiger partial charge is 0.353 e. The number of hydrogen-bond donors (Lipinski definition) is 2. The van der Waals surface area contributed by atoms with Crippen LogP contribution in [0.5, 0.6) is 0 Å². The standard InChI is InChI=1S/C11H21N3O2/c1-4-12-8(2)7-10(15)14-6-5-13-11(16)9(14)3/h8-9,12H,4-7H2,1-3H3,(H,13,16). The van der Waals surface area contributed by atoms with Crippen LogP contribution in [0.1, 0.15) is 27.2 Å². The molecular formula is C11H21N3O2. The molecule has 0 spiro atoms. The summed E-state index contributed by atoms with van der Waals surface area (Å²) in [6, 6.07) is -0.176. The molecule has 0 radical (unpaired) electrons. The summed E-state index contributed by atoms with van der Waals surface area (Å²) in [6.45, 7) is 7.79. The lowest BCUT2D eigenvalue weighted by molar-refractivity contribution is -0.142. The maximum absolute atomic E-state index is 11.9. The first-order valence-electron chi connectivity index (χ1n) is 5.86. The van der Waals surface area contributed by atoms with E-state index in [1.165, 1.54) is 0 Å². The molecule has 2 atom stereocenters. The quantitative estimate of drug-likeness (QED) is 0.694. The Balaban J connectivity index is 2.49. The molecule has 5 heteroatoms. The molecule has 2 N–H and O–H groups in total. The van der Waals surface area contributed by atoms with E-state index in [9.17, 15) is 9.59 Å². The minimum atomic E-state index is -0.338. The molecule has 0 aromatic carbocycles. The Morgan fingerprint density at radius 2 is 2.38 bits per heavy atom. The molecule has 1 fully saturated rings. The number of carbonyl (C=O) groups is 2. The van der Waals surface area contributed by atoms with E-state index in [1.807, 2.05) is 13.8 Å². The van der Waals surface area contributed by atoms with Crippen LogP contribution < -0.4 is 10.6 Å². The summed E-state index contributed by atoms with van der Waals surface area (Å²) in [4.78, 5) is 25.0. The van der Waals surface area contributed by atoms with Gasteiger partial charge in [0.15, 0.2) is 0 Å². The number of piperazine rings is 1. The molecule has 0 bridgehead atoms. The summed E-state index contributed by atoms with van der Waals surface area (Å²) in [5.41, 5.74) is 0. The van der Waals surface area contributed by atoms with E-state index in [1.54, 1.807) is 11.8 Å². The summed E-state index contributed by atoms with van der Waals surface area (Å²) in [6.07, 6.45) is 0.450. The first kappa shape index (κ1) is 13.0. The van der Waals surface area contributed by atoms with Crippen molar-refractivity contribution in [3.63, 3.8) is 0 Å². The molecule has 16 heavy (non-hydrogen) atoms. The Bertz CT molecular complexity index is 268. The van der Waals surface area contributed by atoms with Gasteiger partial charge in [-0.15, -0.1) is 0 Å². The number of amides is 2. The first-order valence-corrected chi connectivity index (χ1v) is 5.86. The summed E-state index contributed by atoms with van der Waals surface area (Å²) in [7, 11) is 0. The van der Waals surface area contributed by atoms with Gasteiger partial charge in [-0.2, -0.15) is 0 Å². The molecule has 0 saturated carbocycles. The maximum Gasteiger partial charge on any atom is 0.242 e. The Kier molecular flexibility index (Phi) is 4.73. The lowest BCUT2D eigenvalue weighted by Crippen LogP contribution is -2.56. The highest BCUT2D eigenvalue weighted by Crippen LogP contribution is 2.07. The molecular weight excluding hydrogens is 206 g/mol. The highest BCUT2D eigenvalue weighted by Gasteiger charge is 2.29. The number of nitrogens with one attached hydrogen (secondary N) is 2. The van der Waals surface area contributed by atoms with Gasteiger partial charge in [-0.1, -0.05) is 6.92 Å². The second-order valence-electron chi connectivity index (χ2n) is 4.22. The van der Waals surface area contributed by atoms with Gasteiger partial charge in [0.1, 0.15) is 6.04 Å². The second-order valence-corrected chi connectivity index (χ2v) is 4.22. The average Bonchev–Trinajstić information content (AvgIpc) is 2.22. The Morgan fingerprint density at radius 3 is 3.00 bits per heavy atom. The van der Waals surface area contributed by atoms with Gasteiger partial charge in [0.2, 0.25) is 11.8 Å². The molecule has 0 aromatic rings. The van der Waals surface area contributed by atoms with Crippen molar-refractivity contribution in [1.29, 1.82) is 0 Å². The van der Waals surface area contributed by atoms with Crippen LogP contribution in [0.4, 0.5) is 0 Å². The van der Waals surface area contributed by atoms with Gasteiger partial charge in [0.05, 0.1) is 0 Å². The molecule has 1 aliphatic rings. The first-order chi connectivity index (χ1) is 7.56. The highest BCUT2D eigenvalue weighted by molar-refractivity contribution is 5.88. The van der Waals surface area contributed by atoms with E-state index >= 15 is 0 Å². The normalized spacial score (nSPS) is 22.8. The predicted octanol–water partition coefficient (Wildman–Crippen LogP) is -0.279. The van der Waals surface area contributed by atoms with E-state index in [4.69, 9.17) is 0 Å². The fraction of sp³-hybridized carbons (Fsp3) is 0.818. The van der Waals surface area contributed by atoms with Crippen LogP contribution in [0, 0.1) is 0 Å². The monoisotopic (exact) mass is 227 g/mol. The summed E-state index contributed by atoms with van der Waals surface area (Å²) >= 11 is 0. The van der Waals surface area contributed by atoms with Gasteiger partial charge in [-0.25, -0.2) is 0 Å². The van der Waals surface area contributed by atoms with Crippen molar-refractivity contribution >= 4 is 11.8 Å². The third-order valence-corrected chi connectivity index (χ3v) is 2.85. The van der Waals surface area contributed by atoms with Gasteiger partial charge < -0.3 is 15.5 Å². The van der Waals surface area contributed by atoms with Crippen LogP contribution in [0.2, 0.25) is 0 Å². The topological polar surface area (TPSA) is 61.4 Å². The van der Waals surface area contributed by atoms with Crippen LogP contribution in [-0.4, -0.2) is 48.4 Å². The predicted molar refractivity (Wildman–Crippen MR) is 61.9 cm³/mol. The maximum atomic E-state index is 11.9. The minimum Gasteiger partial charge on any atom is -0.353 e. The number of carbonyl (C=O) groups excluding carboxylic acids is 2. The van der Waals surface area contributed by atoms with Crippen LogP contribution in [0.15, 0.2) is 0 Å². The molecule has 1 rings (SSSR count). The van der Waals surface area contributed by atoms with Crippen LogP contribution >= 0.6 is 0 Å². The molecule has 5 nitrogen and oxygen atoms in total. The van der Waals surface area contributed by atoms with Crippen molar-refractivity contribution in [2.24, 2.45) is 0 Å². The van der Waals surface area contributed by atoms with E-state index in [-0.39, 0.29) is 23.9 Å². The van der Waals surface area contributed by atoms with Crippen molar-refractivity contribution < 1.29 is 9.59 Å². The number of nitrogens with zero attached hydrogens (tertiary/aromatic N) is 1. The molecule has 1 saturated heterocycles. The molecule has 1 heterocycles. The molecule has 2 amide bonds. The van der Waals surface area contributed by atoms with E-state index < -0.39 is 0 Å². The van der Waals surface area contributed by atoms with Crippen molar-refractivity contribution in [2.75, 3.05) is 19.6 Å². The number of hydrogen-bond acceptors (Lipinski definition) is 3. The third kappa shape index (κ3) is 3.20. The average molecular weight is 227 g/mol. The SMILES string of the molecule is CCNC(C)CC(=O)N1CCNC(=O)C1C. The second kappa shape index (κ2) is 5.84. The zero-order chi connectivity index (χ0) is 12.1. The van der Waals surface area contributed by atoms with Crippen molar-refractivity contribution in [2.45, 2.75) is 39.3 Å². The number of rotatable bonds is 4. The molecule has 92 valence electrons. The lowest BCUT2D eigenvalue weighted by atomic mass is 10.1. The van der Waals surface area contributed by atoms with Crippen molar-refractivity contribution in [1.82, 2.24) is 15.5 Å². The van der Waals surface area contributed by atoms with Crippen molar-refractivity contribution in [3.8, 4) is 0 Å². The summed E-state index contributed by atoms with van der Waals surface area (Å²) in [5.74, 6) is -0.00787. The fourth-order valence-electron chi connectivity index (χ4n) is 1.92. The van der Waals surface area contributed by atoms with Crippen LogP contribution in [-0.2, 0) is 9.59 Å². The Morgan fingerprint density at radius 1 is 1.69 bits per heavy atom. The molecule has 0 aliphatic carbocycles. The lowest BCUT2D eigenvalue weighted by Gasteiger charge is -2.33. The smallest absolute Gasteiger partial charge is 0.242 e. The zero-order valence-corrected chi connectivity index (χ0v) is 10.2. The highest BCUT2D eigenvalue weighted by atomic mass is 16.2. The zero-order valence-electron chi connectivity index (χ0n) is 10.2. The van der Waals surface area contributed by atoms with Crippen LogP contribution in [0.25, 0.3) is 0 Å². The van der Waals surface area contributed by atoms with Gasteiger partial charge in [0.25, 0.3) is 0 Å². The van der Waals surface area contributed by atoms with Gasteiger partial charge >= 0.3 is 0 Å². The molecule has 0 aromatic heterocycles. The van der Waals surface area contributed by atoms with Gasteiger partial charge in [0, 0.05) is 25.6 Å².